The summed E-state index contributed by atoms with van der Waals surface area (Å²) in [6.07, 6.45) is 1.40. The summed E-state index contributed by atoms with van der Waals surface area (Å²) >= 11 is 6.69. The molecule has 26 heavy (non-hydrogen) atoms. The van der Waals surface area contributed by atoms with Crippen molar-refractivity contribution in [3.8, 4) is 11.5 Å². The van der Waals surface area contributed by atoms with Crippen LogP contribution in [0.3, 0.4) is 0 Å². The quantitative estimate of drug-likeness (QED) is 0.462. The lowest BCUT2D eigenvalue weighted by molar-refractivity contribution is -0.123. The molecule has 7 nitrogen and oxygen atoms in total. The zero-order chi connectivity index (χ0) is 19.1. The average Bonchev–Trinajstić information content (AvgIpc) is 2.60. The molecular formula is C17H14Br2N2O5. The Morgan fingerprint density at radius 2 is 1.92 bits per heavy atom. The number of nitrogens with one attached hydrogen (secondary N) is 1. The number of hydrazone groups is 1. The second-order valence-electron chi connectivity index (χ2n) is 4.93. The number of benzene rings is 2. The highest BCUT2D eigenvalue weighted by Crippen LogP contribution is 2.38. The van der Waals surface area contributed by atoms with Crippen molar-refractivity contribution < 1.29 is 24.2 Å². The van der Waals surface area contributed by atoms with Gasteiger partial charge in [-0.2, -0.15) is 5.10 Å². The lowest BCUT2D eigenvalue weighted by atomic mass is 10.1. The summed E-state index contributed by atoms with van der Waals surface area (Å²) in [5.74, 6) is -0.589. The van der Waals surface area contributed by atoms with Crippen molar-refractivity contribution in [1.29, 1.82) is 0 Å². The van der Waals surface area contributed by atoms with Crippen molar-refractivity contribution in [2.75, 3.05) is 13.7 Å². The standard InChI is InChI=1S/C17H14Br2N2O5/c1-25-14-7-12(18)6-13(19)16(14)26-9-15(22)21-20-8-10-2-4-11(5-3-10)17(23)24/h2-8H,9H2,1H3,(H,21,22)(H,23,24). The predicted molar refractivity (Wildman–Crippen MR) is 103 cm³/mol. The summed E-state index contributed by atoms with van der Waals surface area (Å²) in [6, 6.07) is 9.56. The highest BCUT2D eigenvalue weighted by molar-refractivity contribution is 9.11. The van der Waals surface area contributed by atoms with E-state index in [1.54, 1.807) is 24.3 Å². The number of amides is 1. The summed E-state index contributed by atoms with van der Waals surface area (Å²) in [5.41, 5.74) is 3.15. The maximum absolute atomic E-state index is 11.8. The molecular weight excluding hydrogens is 472 g/mol. The maximum atomic E-state index is 11.8. The van der Waals surface area contributed by atoms with Gasteiger partial charge >= 0.3 is 5.97 Å². The van der Waals surface area contributed by atoms with E-state index in [4.69, 9.17) is 14.6 Å². The van der Waals surface area contributed by atoms with Crippen molar-refractivity contribution in [2.45, 2.75) is 0 Å². The van der Waals surface area contributed by atoms with Crippen LogP contribution in [-0.2, 0) is 4.79 Å². The SMILES string of the molecule is COc1cc(Br)cc(Br)c1OCC(=O)NN=Cc1ccc(C(=O)O)cc1. The monoisotopic (exact) mass is 484 g/mol. The summed E-state index contributed by atoms with van der Waals surface area (Å²) in [6.45, 7) is -0.258. The van der Waals surface area contributed by atoms with Crippen LogP contribution in [0.5, 0.6) is 11.5 Å². The van der Waals surface area contributed by atoms with Gasteiger partial charge in [0.2, 0.25) is 0 Å². The fraction of sp³-hybridized carbons (Fsp3) is 0.118. The normalized spacial score (nSPS) is 10.6. The maximum Gasteiger partial charge on any atom is 0.335 e. The number of carboxylic acids is 1. The first kappa shape index (κ1) is 19.9. The summed E-state index contributed by atoms with van der Waals surface area (Å²) in [4.78, 5) is 22.6. The molecule has 2 aromatic rings. The predicted octanol–water partition coefficient (Wildman–Crippen LogP) is 3.45. The Morgan fingerprint density at radius 1 is 1.23 bits per heavy atom. The number of carbonyl (C=O) groups is 2. The summed E-state index contributed by atoms with van der Waals surface area (Å²) < 4.78 is 12.1. The number of ether oxygens (including phenoxy) is 2. The minimum atomic E-state index is -1.01. The molecule has 0 unspecified atom stereocenters. The number of carboxylic acid groups (broad SMARTS) is 1. The molecule has 0 saturated heterocycles. The second-order valence-corrected chi connectivity index (χ2v) is 6.70. The molecule has 1 amide bonds. The lowest BCUT2D eigenvalue weighted by Crippen LogP contribution is -2.24. The van der Waals surface area contributed by atoms with Crippen LogP contribution in [-0.4, -0.2) is 36.9 Å². The smallest absolute Gasteiger partial charge is 0.335 e. The van der Waals surface area contributed by atoms with Crippen LogP contribution in [0.4, 0.5) is 0 Å². The van der Waals surface area contributed by atoms with Crippen molar-refractivity contribution in [2.24, 2.45) is 5.10 Å². The molecule has 0 spiro atoms. The van der Waals surface area contributed by atoms with Gasteiger partial charge in [0.25, 0.3) is 5.91 Å². The Labute approximate surface area is 166 Å². The van der Waals surface area contributed by atoms with Gasteiger partial charge in [-0.15, -0.1) is 0 Å². The first-order valence-corrected chi connectivity index (χ1v) is 8.80. The summed E-state index contributed by atoms with van der Waals surface area (Å²) in [7, 11) is 1.50. The van der Waals surface area contributed by atoms with E-state index in [0.29, 0.717) is 21.5 Å². The molecule has 0 aromatic heterocycles. The van der Waals surface area contributed by atoms with Gasteiger partial charge in [-0.3, -0.25) is 4.79 Å². The number of hydrogen-bond donors (Lipinski definition) is 2. The van der Waals surface area contributed by atoms with E-state index in [1.807, 2.05) is 0 Å². The van der Waals surface area contributed by atoms with E-state index < -0.39 is 11.9 Å². The van der Waals surface area contributed by atoms with Gasteiger partial charge in [-0.1, -0.05) is 28.1 Å². The van der Waals surface area contributed by atoms with Gasteiger partial charge in [0, 0.05) is 4.47 Å². The molecule has 9 heteroatoms. The van der Waals surface area contributed by atoms with Crippen LogP contribution in [0.2, 0.25) is 0 Å². The van der Waals surface area contributed by atoms with E-state index in [1.165, 1.54) is 25.5 Å². The lowest BCUT2D eigenvalue weighted by Gasteiger charge is -2.12. The van der Waals surface area contributed by atoms with Crippen molar-refractivity contribution >= 4 is 50.0 Å². The molecule has 2 N–H and O–H groups in total. The third-order valence-corrected chi connectivity index (χ3v) is 4.15. The second kappa shape index (κ2) is 9.35. The minimum Gasteiger partial charge on any atom is -0.493 e. The number of methoxy groups -OCH3 is 1. The minimum absolute atomic E-state index is 0.175. The van der Waals surface area contributed by atoms with Crippen LogP contribution in [0.1, 0.15) is 15.9 Å². The molecule has 136 valence electrons. The fourth-order valence-electron chi connectivity index (χ4n) is 1.89. The molecule has 0 radical (unpaired) electrons. The van der Waals surface area contributed by atoms with Gasteiger partial charge in [-0.05, 0) is 45.8 Å². The number of nitrogens with zero attached hydrogens (tertiary/aromatic N) is 1. The molecule has 0 bridgehead atoms. The molecule has 0 saturated carbocycles. The van der Waals surface area contributed by atoms with Crippen molar-refractivity contribution in [3.05, 3.63) is 56.5 Å². The van der Waals surface area contributed by atoms with Crippen LogP contribution in [0.15, 0.2) is 50.4 Å². The van der Waals surface area contributed by atoms with Crippen LogP contribution < -0.4 is 14.9 Å². The van der Waals surface area contributed by atoms with Crippen molar-refractivity contribution in [3.63, 3.8) is 0 Å². The van der Waals surface area contributed by atoms with E-state index >= 15 is 0 Å². The first-order valence-electron chi connectivity index (χ1n) is 7.22. The highest BCUT2D eigenvalue weighted by Gasteiger charge is 2.12. The van der Waals surface area contributed by atoms with Gasteiger partial charge in [0.1, 0.15) is 0 Å². The van der Waals surface area contributed by atoms with Gasteiger partial charge < -0.3 is 14.6 Å². The third kappa shape index (κ3) is 5.57. The largest absolute Gasteiger partial charge is 0.493 e. The summed E-state index contributed by atoms with van der Waals surface area (Å²) in [5, 5.41) is 12.6. The Balaban J connectivity index is 1.90. The van der Waals surface area contributed by atoms with Gasteiger partial charge in [0.15, 0.2) is 18.1 Å². The van der Waals surface area contributed by atoms with E-state index in [0.717, 1.165) is 4.47 Å². The molecule has 0 aliphatic rings. The molecule has 0 fully saturated rings. The highest BCUT2D eigenvalue weighted by atomic mass is 79.9. The van der Waals surface area contributed by atoms with Crippen molar-refractivity contribution in [1.82, 2.24) is 5.43 Å². The molecule has 2 rings (SSSR count). The first-order chi connectivity index (χ1) is 12.4. The number of carbonyl (C=O) groups excluding carboxylic acids is 1. The number of aromatic carboxylic acids is 1. The zero-order valence-electron chi connectivity index (χ0n) is 13.5. The number of halogens is 2. The van der Waals surface area contributed by atoms with Crippen LogP contribution >= 0.6 is 31.9 Å². The Morgan fingerprint density at radius 3 is 2.54 bits per heavy atom. The number of rotatable bonds is 7. The molecule has 0 heterocycles. The van der Waals surface area contributed by atoms with Gasteiger partial charge in [0.05, 0.1) is 23.4 Å². The van der Waals surface area contributed by atoms with Crippen LogP contribution in [0, 0.1) is 0 Å². The third-order valence-electron chi connectivity index (χ3n) is 3.10. The Kier molecular flexibility index (Phi) is 7.16. The fourth-order valence-corrected chi connectivity index (χ4v) is 3.19. The molecule has 0 atom stereocenters. The van der Waals surface area contributed by atoms with E-state index in [9.17, 15) is 9.59 Å². The number of hydrogen-bond acceptors (Lipinski definition) is 5. The van der Waals surface area contributed by atoms with E-state index in [-0.39, 0.29) is 12.2 Å². The molecule has 0 aliphatic heterocycles. The molecule has 0 aliphatic carbocycles. The van der Waals surface area contributed by atoms with Gasteiger partial charge in [-0.25, -0.2) is 10.2 Å². The zero-order valence-corrected chi connectivity index (χ0v) is 16.7. The van der Waals surface area contributed by atoms with E-state index in [2.05, 4.69) is 42.4 Å². The molecule has 2 aromatic carbocycles. The topological polar surface area (TPSA) is 97.2 Å². The Hall–Kier alpha value is -2.39. The van der Waals surface area contributed by atoms with Crippen LogP contribution in [0.25, 0.3) is 0 Å². The average molecular weight is 486 g/mol. The Bertz CT molecular complexity index is 838.